The van der Waals surface area contributed by atoms with E-state index in [0.717, 1.165) is 24.2 Å². The van der Waals surface area contributed by atoms with Gasteiger partial charge >= 0.3 is 0 Å². The smallest absolute Gasteiger partial charge is 0.177 e. The number of aryl methyl sites for hydroxylation is 1. The summed E-state index contributed by atoms with van der Waals surface area (Å²) >= 11 is 0. The molecule has 0 fully saturated rings. The second-order valence-corrected chi connectivity index (χ2v) is 6.39. The minimum absolute atomic E-state index is 0.275. The van der Waals surface area contributed by atoms with E-state index in [1.165, 1.54) is 6.26 Å². The van der Waals surface area contributed by atoms with Gasteiger partial charge in [-0.05, 0) is 25.5 Å². The zero-order valence-corrected chi connectivity index (χ0v) is 12.0. The van der Waals surface area contributed by atoms with Crippen molar-refractivity contribution in [2.24, 2.45) is 0 Å². The van der Waals surface area contributed by atoms with Crippen molar-refractivity contribution in [2.75, 3.05) is 19.5 Å². The molecule has 1 N–H and O–H groups in total. The monoisotopic (exact) mass is 282 g/mol. The van der Waals surface area contributed by atoms with Gasteiger partial charge in [0.05, 0.1) is 10.4 Å². The predicted octanol–water partition coefficient (Wildman–Crippen LogP) is 1.94. The number of aromatic nitrogens is 2. The zero-order chi connectivity index (χ0) is 13.9. The van der Waals surface area contributed by atoms with Gasteiger partial charge in [0.15, 0.2) is 9.84 Å². The molecule has 0 atom stereocenters. The molecule has 1 aromatic carbocycles. The number of nitrogens with one attached hydrogen (secondary N) is 1. The highest BCUT2D eigenvalue weighted by atomic mass is 32.2. The largest absolute Gasteiger partial charge is 0.382 e. The molecule has 104 valence electrons. The summed E-state index contributed by atoms with van der Waals surface area (Å²) in [6.07, 6.45) is 2.81. The third-order valence-corrected chi connectivity index (χ3v) is 3.96. The summed E-state index contributed by atoms with van der Waals surface area (Å²) in [6.45, 7) is 3.35. The molecule has 0 aliphatic rings. The van der Waals surface area contributed by atoms with Gasteiger partial charge in [0.25, 0.3) is 0 Å². The predicted molar refractivity (Wildman–Crippen MR) is 74.0 cm³/mol. The first-order valence-corrected chi connectivity index (χ1v) is 8.17. The van der Waals surface area contributed by atoms with Crippen molar-refractivity contribution in [2.45, 2.75) is 24.7 Å². The van der Waals surface area contributed by atoms with E-state index >= 15 is 0 Å². The molecule has 0 saturated carbocycles. The minimum Gasteiger partial charge on any atom is -0.382 e. The molecule has 0 spiro atoms. The average Bonchev–Trinajstić information content (AvgIpc) is 2.75. The van der Waals surface area contributed by atoms with Crippen LogP contribution in [0.2, 0.25) is 0 Å². The van der Waals surface area contributed by atoms with Gasteiger partial charge in [-0.15, -0.1) is 0 Å². The molecule has 2 aromatic rings. The van der Waals surface area contributed by atoms with Crippen LogP contribution in [0.1, 0.15) is 19.2 Å². The maximum Gasteiger partial charge on any atom is 0.177 e. The standard InChI is InChI=1S/C13H18N2O3S/c1-3-18-9-5-8-12-14-10-6-4-7-11(13(10)15-12)19(2,16)17/h4,6-7H,3,5,8-9H2,1-2H3,(H,14,15). The van der Waals surface area contributed by atoms with E-state index in [4.69, 9.17) is 4.74 Å². The number of hydrogen-bond acceptors (Lipinski definition) is 4. The van der Waals surface area contributed by atoms with Gasteiger partial charge in [-0.1, -0.05) is 6.07 Å². The summed E-state index contributed by atoms with van der Waals surface area (Å²) < 4.78 is 28.6. The highest BCUT2D eigenvalue weighted by Gasteiger charge is 2.14. The van der Waals surface area contributed by atoms with Crippen LogP contribution < -0.4 is 0 Å². The number of nitrogens with zero attached hydrogens (tertiary/aromatic N) is 1. The van der Waals surface area contributed by atoms with Crippen LogP contribution in [-0.4, -0.2) is 37.9 Å². The van der Waals surface area contributed by atoms with Crippen molar-refractivity contribution >= 4 is 20.9 Å². The van der Waals surface area contributed by atoms with E-state index in [-0.39, 0.29) is 4.90 Å². The number of ether oxygens (including phenoxy) is 1. The molecule has 1 heterocycles. The molecule has 0 unspecified atom stereocenters. The molecule has 6 heteroatoms. The number of aromatic amines is 1. The Morgan fingerprint density at radius 1 is 1.37 bits per heavy atom. The number of fused-ring (bicyclic) bond motifs is 1. The Kier molecular flexibility index (Phi) is 4.21. The van der Waals surface area contributed by atoms with Gasteiger partial charge in [-0.25, -0.2) is 13.4 Å². The summed E-state index contributed by atoms with van der Waals surface area (Å²) in [5.74, 6) is 0.797. The number of para-hydroxylation sites is 1. The lowest BCUT2D eigenvalue weighted by molar-refractivity contribution is 0.145. The van der Waals surface area contributed by atoms with Gasteiger partial charge in [0.2, 0.25) is 0 Å². The Bertz CT molecular complexity index is 662. The van der Waals surface area contributed by atoms with Crippen molar-refractivity contribution in [3.63, 3.8) is 0 Å². The van der Waals surface area contributed by atoms with Crippen molar-refractivity contribution in [1.29, 1.82) is 0 Å². The number of imidazole rings is 1. The Hall–Kier alpha value is -1.40. The van der Waals surface area contributed by atoms with Gasteiger partial charge in [0, 0.05) is 25.9 Å². The highest BCUT2D eigenvalue weighted by Crippen LogP contribution is 2.21. The van der Waals surface area contributed by atoms with Crippen LogP contribution in [0.5, 0.6) is 0 Å². The molecular formula is C13H18N2O3S. The first-order valence-electron chi connectivity index (χ1n) is 6.27. The minimum atomic E-state index is -3.25. The normalized spacial score (nSPS) is 12.1. The van der Waals surface area contributed by atoms with Crippen molar-refractivity contribution in [3.05, 3.63) is 24.0 Å². The van der Waals surface area contributed by atoms with E-state index in [0.29, 0.717) is 18.7 Å². The summed E-state index contributed by atoms with van der Waals surface area (Å²) in [4.78, 5) is 7.82. The Morgan fingerprint density at radius 2 is 2.16 bits per heavy atom. The first-order chi connectivity index (χ1) is 9.02. The molecule has 0 aliphatic carbocycles. The Labute approximate surface area is 112 Å². The van der Waals surface area contributed by atoms with E-state index in [1.807, 2.05) is 13.0 Å². The van der Waals surface area contributed by atoms with E-state index in [1.54, 1.807) is 12.1 Å². The summed E-state index contributed by atoms with van der Waals surface area (Å²) in [5, 5.41) is 0. The van der Waals surface area contributed by atoms with E-state index in [9.17, 15) is 8.42 Å². The van der Waals surface area contributed by atoms with Crippen LogP contribution >= 0.6 is 0 Å². The van der Waals surface area contributed by atoms with Crippen molar-refractivity contribution in [3.8, 4) is 0 Å². The molecule has 0 amide bonds. The number of H-pyrrole nitrogens is 1. The van der Waals surface area contributed by atoms with Crippen LogP contribution in [-0.2, 0) is 21.0 Å². The van der Waals surface area contributed by atoms with Crippen LogP contribution in [0.3, 0.4) is 0 Å². The molecule has 1 aromatic heterocycles. The molecule has 0 saturated heterocycles. The second-order valence-electron chi connectivity index (χ2n) is 4.41. The summed E-state index contributed by atoms with van der Waals surface area (Å²) in [5.41, 5.74) is 1.28. The van der Waals surface area contributed by atoms with Gasteiger partial charge < -0.3 is 9.72 Å². The van der Waals surface area contributed by atoms with Crippen LogP contribution in [0.4, 0.5) is 0 Å². The van der Waals surface area contributed by atoms with Crippen LogP contribution in [0.25, 0.3) is 11.0 Å². The molecule has 19 heavy (non-hydrogen) atoms. The van der Waals surface area contributed by atoms with Gasteiger partial charge in [-0.2, -0.15) is 0 Å². The second kappa shape index (κ2) is 5.71. The number of rotatable bonds is 6. The quantitative estimate of drug-likeness (QED) is 0.822. The van der Waals surface area contributed by atoms with Gasteiger partial charge in [-0.3, -0.25) is 0 Å². The first kappa shape index (κ1) is 14.0. The van der Waals surface area contributed by atoms with E-state index in [2.05, 4.69) is 9.97 Å². The zero-order valence-electron chi connectivity index (χ0n) is 11.1. The lowest BCUT2D eigenvalue weighted by Crippen LogP contribution is -1.98. The average molecular weight is 282 g/mol. The summed E-state index contributed by atoms with van der Waals surface area (Å²) in [6, 6.07) is 5.15. The highest BCUT2D eigenvalue weighted by molar-refractivity contribution is 7.91. The lowest BCUT2D eigenvalue weighted by atomic mass is 10.3. The maximum atomic E-state index is 11.7. The Balaban J connectivity index is 2.26. The third kappa shape index (κ3) is 3.33. The third-order valence-electron chi connectivity index (χ3n) is 2.83. The molecule has 0 radical (unpaired) electrons. The SMILES string of the molecule is CCOCCCc1nc2c(S(C)(=O)=O)cccc2[nH]1. The topological polar surface area (TPSA) is 72.0 Å². The molecular weight excluding hydrogens is 264 g/mol. The van der Waals surface area contributed by atoms with Crippen LogP contribution in [0.15, 0.2) is 23.1 Å². The molecule has 5 nitrogen and oxygen atoms in total. The van der Waals surface area contributed by atoms with Crippen molar-refractivity contribution in [1.82, 2.24) is 9.97 Å². The fourth-order valence-electron chi connectivity index (χ4n) is 1.96. The Morgan fingerprint density at radius 3 is 2.84 bits per heavy atom. The van der Waals surface area contributed by atoms with Gasteiger partial charge in [0.1, 0.15) is 11.3 Å². The fourth-order valence-corrected chi connectivity index (χ4v) is 2.79. The fraction of sp³-hybridized carbons (Fsp3) is 0.462. The van der Waals surface area contributed by atoms with Crippen molar-refractivity contribution < 1.29 is 13.2 Å². The molecule has 2 rings (SSSR count). The number of sulfone groups is 1. The lowest BCUT2D eigenvalue weighted by Gasteiger charge is -1.98. The summed E-state index contributed by atoms with van der Waals surface area (Å²) in [7, 11) is -3.25. The van der Waals surface area contributed by atoms with E-state index < -0.39 is 9.84 Å². The molecule has 0 aliphatic heterocycles. The number of hydrogen-bond donors (Lipinski definition) is 1. The number of benzene rings is 1. The van der Waals surface area contributed by atoms with Crippen LogP contribution in [0, 0.1) is 0 Å². The molecule has 0 bridgehead atoms. The maximum absolute atomic E-state index is 11.7.